The number of carbonyl (C=O) groups is 1. The van der Waals surface area contributed by atoms with Gasteiger partial charge in [-0.15, -0.1) is 0 Å². The summed E-state index contributed by atoms with van der Waals surface area (Å²) < 4.78 is 15.6. The van der Waals surface area contributed by atoms with E-state index >= 15 is 0 Å². The van der Waals surface area contributed by atoms with E-state index in [1.54, 1.807) is 0 Å². The highest BCUT2D eigenvalue weighted by atomic mass is 16.7. The number of benzene rings is 1. The third kappa shape index (κ3) is 3.77. The van der Waals surface area contributed by atoms with Crippen molar-refractivity contribution in [2.45, 2.75) is 39.3 Å². The zero-order valence-electron chi connectivity index (χ0n) is 11.4. The van der Waals surface area contributed by atoms with E-state index in [4.69, 9.17) is 14.2 Å². The molecular formula is C14H19NO4. The summed E-state index contributed by atoms with van der Waals surface area (Å²) in [4.78, 5) is 11.5. The minimum absolute atomic E-state index is 0.00776. The first-order valence-corrected chi connectivity index (χ1v) is 6.40. The SMILES string of the molecule is CC(Cc1ccc2c(c1)OCO2)NC(=O)OC(C)C. The predicted octanol–water partition coefficient (Wildman–Crippen LogP) is 2.48. The second-order valence-electron chi connectivity index (χ2n) is 4.89. The highest BCUT2D eigenvalue weighted by Gasteiger charge is 2.15. The Morgan fingerprint density at radius 3 is 2.79 bits per heavy atom. The molecule has 0 aliphatic carbocycles. The number of fused-ring (bicyclic) bond motifs is 1. The molecule has 1 heterocycles. The van der Waals surface area contributed by atoms with Crippen LogP contribution in [0.4, 0.5) is 4.79 Å². The molecule has 1 amide bonds. The van der Waals surface area contributed by atoms with Crippen LogP contribution in [-0.2, 0) is 11.2 Å². The van der Waals surface area contributed by atoms with Crippen LogP contribution in [-0.4, -0.2) is 25.0 Å². The van der Waals surface area contributed by atoms with Crippen LogP contribution in [0.2, 0.25) is 0 Å². The molecule has 0 aromatic heterocycles. The lowest BCUT2D eigenvalue weighted by Crippen LogP contribution is -2.35. The average Bonchev–Trinajstić information content (AvgIpc) is 2.74. The molecule has 19 heavy (non-hydrogen) atoms. The number of amides is 1. The van der Waals surface area contributed by atoms with Crippen LogP contribution in [0, 0.1) is 0 Å². The molecule has 104 valence electrons. The largest absolute Gasteiger partial charge is 0.454 e. The van der Waals surface area contributed by atoms with E-state index in [1.165, 1.54) is 0 Å². The van der Waals surface area contributed by atoms with Crippen molar-refractivity contribution in [2.75, 3.05) is 6.79 Å². The van der Waals surface area contributed by atoms with Gasteiger partial charge in [-0.3, -0.25) is 0 Å². The number of rotatable bonds is 4. The molecule has 0 fully saturated rings. The van der Waals surface area contributed by atoms with Crippen molar-refractivity contribution < 1.29 is 19.0 Å². The molecule has 1 N–H and O–H groups in total. The van der Waals surface area contributed by atoms with Crippen molar-refractivity contribution >= 4 is 6.09 Å². The Morgan fingerprint density at radius 2 is 2.05 bits per heavy atom. The summed E-state index contributed by atoms with van der Waals surface area (Å²) in [7, 11) is 0. The van der Waals surface area contributed by atoms with Gasteiger partial charge in [-0.05, 0) is 44.9 Å². The van der Waals surface area contributed by atoms with Crippen LogP contribution < -0.4 is 14.8 Å². The van der Waals surface area contributed by atoms with Crippen molar-refractivity contribution in [3.63, 3.8) is 0 Å². The van der Waals surface area contributed by atoms with Crippen LogP contribution in [0.3, 0.4) is 0 Å². The first-order chi connectivity index (χ1) is 9.04. The lowest BCUT2D eigenvalue weighted by molar-refractivity contribution is 0.113. The molecule has 0 saturated heterocycles. The Kier molecular flexibility index (Phi) is 4.14. The third-order valence-corrected chi connectivity index (χ3v) is 2.69. The maximum atomic E-state index is 11.5. The van der Waals surface area contributed by atoms with E-state index in [0.29, 0.717) is 6.42 Å². The number of alkyl carbamates (subject to hydrolysis) is 1. The van der Waals surface area contributed by atoms with Crippen molar-refractivity contribution in [2.24, 2.45) is 0 Å². The van der Waals surface area contributed by atoms with E-state index in [9.17, 15) is 4.79 Å². The minimum Gasteiger partial charge on any atom is -0.454 e. The fourth-order valence-electron chi connectivity index (χ4n) is 1.92. The van der Waals surface area contributed by atoms with Crippen molar-refractivity contribution in [3.05, 3.63) is 23.8 Å². The molecule has 1 aliphatic rings. The van der Waals surface area contributed by atoms with Gasteiger partial charge in [0.25, 0.3) is 0 Å². The zero-order chi connectivity index (χ0) is 13.8. The van der Waals surface area contributed by atoms with Gasteiger partial charge in [-0.2, -0.15) is 0 Å². The molecule has 0 saturated carbocycles. The normalized spacial score (nSPS) is 14.3. The minimum atomic E-state index is -0.386. The molecule has 1 aromatic carbocycles. The summed E-state index contributed by atoms with van der Waals surface area (Å²) >= 11 is 0. The Morgan fingerprint density at radius 1 is 1.32 bits per heavy atom. The lowest BCUT2D eigenvalue weighted by atomic mass is 10.1. The van der Waals surface area contributed by atoms with Gasteiger partial charge in [-0.1, -0.05) is 6.07 Å². The van der Waals surface area contributed by atoms with E-state index in [-0.39, 0.29) is 25.0 Å². The molecule has 1 aliphatic heterocycles. The summed E-state index contributed by atoms with van der Waals surface area (Å²) in [5.74, 6) is 1.53. The molecule has 0 bridgehead atoms. The van der Waals surface area contributed by atoms with E-state index in [1.807, 2.05) is 39.0 Å². The van der Waals surface area contributed by atoms with Crippen molar-refractivity contribution in [3.8, 4) is 11.5 Å². The van der Waals surface area contributed by atoms with Gasteiger partial charge in [0.15, 0.2) is 11.5 Å². The zero-order valence-corrected chi connectivity index (χ0v) is 11.4. The van der Waals surface area contributed by atoms with Crippen molar-refractivity contribution in [1.29, 1.82) is 0 Å². The topological polar surface area (TPSA) is 56.8 Å². The van der Waals surface area contributed by atoms with Crippen LogP contribution in [0.15, 0.2) is 18.2 Å². The number of carbonyl (C=O) groups excluding carboxylic acids is 1. The molecule has 0 radical (unpaired) electrons. The molecule has 5 heteroatoms. The fourth-order valence-corrected chi connectivity index (χ4v) is 1.92. The monoisotopic (exact) mass is 265 g/mol. The highest BCUT2D eigenvalue weighted by Crippen LogP contribution is 2.32. The Hall–Kier alpha value is -1.91. The lowest BCUT2D eigenvalue weighted by Gasteiger charge is -2.15. The summed E-state index contributed by atoms with van der Waals surface area (Å²) in [5.41, 5.74) is 1.08. The molecule has 1 atom stereocenters. The fraction of sp³-hybridized carbons (Fsp3) is 0.500. The van der Waals surface area contributed by atoms with Gasteiger partial charge < -0.3 is 19.5 Å². The molecule has 0 spiro atoms. The second kappa shape index (κ2) is 5.82. The first-order valence-electron chi connectivity index (χ1n) is 6.40. The van der Waals surface area contributed by atoms with Gasteiger partial charge in [0.1, 0.15) is 0 Å². The maximum absolute atomic E-state index is 11.5. The van der Waals surface area contributed by atoms with Gasteiger partial charge in [-0.25, -0.2) is 4.79 Å². The Labute approximate surface area is 112 Å². The van der Waals surface area contributed by atoms with Gasteiger partial charge in [0, 0.05) is 6.04 Å². The summed E-state index contributed by atoms with van der Waals surface area (Å²) in [6.07, 6.45) is 0.213. The molecule has 1 unspecified atom stereocenters. The van der Waals surface area contributed by atoms with Crippen molar-refractivity contribution in [1.82, 2.24) is 5.32 Å². The van der Waals surface area contributed by atoms with Crippen LogP contribution in [0.5, 0.6) is 11.5 Å². The van der Waals surface area contributed by atoms with Gasteiger partial charge >= 0.3 is 6.09 Å². The molecule has 5 nitrogen and oxygen atoms in total. The van der Waals surface area contributed by atoms with Crippen LogP contribution in [0.1, 0.15) is 26.3 Å². The van der Waals surface area contributed by atoms with Gasteiger partial charge in [0.2, 0.25) is 6.79 Å². The molecule has 2 rings (SSSR count). The van der Waals surface area contributed by atoms with E-state index in [0.717, 1.165) is 17.1 Å². The maximum Gasteiger partial charge on any atom is 0.407 e. The Balaban J connectivity index is 1.88. The average molecular weight is 265 g/mol. The highest BCUT2D eigenvalue weighted by molar-refractivity contribution is 5.67. The summed E-state index contributed by atoms with van der Waals surface area (Å²) in [6.45, 7) is 5.85. The number of hydrogen-bond acceptors (Lipinski definition) is 4. The van der Waals surface area contributed by atoms with Crippen LogP contribution in [0.25, 0.3) is 0 Å². The number of hydrogen-bond donors (Lipinski definition) is 1. The number of ether oxygens (including phenoxy) is 3. The Bertz CT molecular complexity index is 459. The first kappa shape index (κ1) is 13.5. The molecular weight excluding hydrogens is 246 g/mol. The van der Waals surface area contributed by atoms with Crippen LogP contribution >= 0.6 is 0 Å². The third-order valence-electron chi connectivity index (χ3n) is 2.69. The summed E-state index contributed by atoms with van der Waals surface area (Å²) in [5, 5.41) is 2.79. The predicted molar refractivity (Wildman–Crippen MR) is 70.5 cm³/mol. The second-order valence-corrected chi connectivity index (χ2v) is 4.89. The van der Waals surface area contributed by atoms with E-state index in [2.05, 4.69) is 5.32 Å². The molecule has 1 aromatic rings. The summed E-state index contributed by atoms with van der Waals surface area (Å²) in [6, 6.07) is 5.79. The number of nitrogens with one attached hydrogen (secondary N) is 1. The van der Waals surface area contributed by atoms with Gasteiger partial charge in [0.05, 0.1) is 6.10 Å². The van der Waals surface area contributed by atoms with E-state index < -0.39 is 0 Å². The quantitative estimate of drug-likeness (QED) is 0.908. The smallest absolute Gasteiger partial charge is 0.407 e. The standard InChI is InChI=1S/C14H19NO4/c1-9(2)19-14(16)15-10(3)6-11-4-5-12-13(7-11)18-8-17-12/h4-5,7,9-10H,6,8H2,1-3H3,(H,15,16).